The van der Waals surface area contributed by atoms with Gasteiger partial charge in [-0.25, -0.2) is 0 Å². The van der Waals surface area contributed by atoms with E-state index in [2.05, 4.69) is 137 Å². The summed E-state index contributed by atoms with van der Waals surface area (Å²) in [6, 6.07) is 52.5. The Kier molecular flexibility index (Phi) is 6.04. The molecule has 0 amide bonds. The number of aromatic nitrogens is 3. The number of benzene rings is 6. The number of hydrogen-bond donors (Lipinski definition) is 0. The Morgan fingerprint density at radius 3 is 1.98 bits per heavy atom. The van der Waals surface area contributed by atoms with Crippen LogP contribution >= 0.6 is 0 Å². The number of pyridine rings is 2. The molecule has 0 spiro atoms. The van der Waals surface area contributed by atoms with E-state index in [9.17, 15) is 0 Å². The lowest BCUT2D eigenvalue weighted by atomic mass is 9.97. The third kappa shape index (κ3) is 4.36. The predicted molar refractivity (Wildman–Crippen MR) is 192 cm³/mol. The maximum atomic E-state index is 4.73. The maximum Gasteiger partial charge on any atom is 0.0720 e. The molecule has 6 aromatic carbocycles. The molecule has 0 fully saturated rings. The van der Waals surface area contributed by atoms with Crippen LogP contribution in [-0.4, -0.2) is 14.5 Å². The van der Waals surface area contributed by atoms with Crippen molar-refractivity contribution in [2.24, 2.45) is 0 Å². The topological polar surface area (TPSA) is 30.7 Å². The fraction of sp³-hybridized carbons (Fsp3) is 0.0233. The summed E-state index contributed by atoms with van der Waals surface area (Å²) in [6.45, 7) is 2.02. The van der Waals surface area contributed by atoms with Crippen molar-refractivity contribution < 1.29 is 0 Å². The Bertz CT molecular complexity index is 2600. The second-order valence-corrected chi connectivity index (χ2v) is 12.0. The molecule has 3 heteroatoms. The van der Waals surface area contributed by atoms with Gasteiger partial charge in [-0.3, -0.25) is 9.97 Å². The number of aryl methyl sites for hydroxylation is 1. The Hall–Kier alpha value is -6.06. The highest BCUT2D eigenvalue weighted by Gasteiger charge is 2.17. The lowest BCUT2D eigenvalue weighted by molar-refractivity contribution is 1.19. The van der Waals surface area contributed by atoms with E-state index in [0.29, 0.717) is 0 Å². The van der Waals surface area contributed by atoms with Crippen molar-refractivity contribution in [3.05, 3.63) is 164 Å². The largest absolute Gasteiger partial charge is 0.309 e. The Labute approximate surface area is 267 Å². The molecule has 0 saturated carbocycles. The first-order chi connectivity index (χ1) is 22.7. The number of nitrogens with zero attached hydrogens (tertiary/aromatic N) is 3. The van der Waals surface area contributed by atoms with Gasteiger partial charge in [0.05, 0.1) is 16.7 Å². The van der Waals surface area contributed by atoms with Crippen molar-refractivity contribution in [2.75, 3.05) is 0 Å². The van der Waals surface area contributed by atoms with Crippen LogP contribution in [0.2, 0.25) is 0 Å². The molecular formula is C43H29N3. The molecule has 0 saturated heterocycles. The summed E-state index contributed by atoms with van der Waals surface area (Å²) in [7, 11) is 0. The van der Waals surface area contributed by atoms with E-state index in [1.54, 1.807) is 0 Å². The average Bonchev–Trinajstić information content (AvgIpc) is 3.46. The molecule has 0 atom stereocenters. The third-order valence-electron chi connectivity index (χ3n) is 9.10. The summed E-state index contributed by atoms with van der Waals surface area (Å²) < 4.78 is 2.42. The number of para-hydroxylation sites is 1. The van der Waals surface area contributed by atoms with Gasteiger partial charge in [0.15, 0.2) is 0 Å². The SMILES string of the molecule is Cc1cccc(-c2cncc(-c3ccc4c5ccc6cc(-c7ccc8ccccc8c7)ccc6c5n(-c5ccccc5)c4c3)c2)n1. The molecule has 0 aliphatic carbocycles. The van der Waals surface area contributed by atoms with Crippen LogP contribution < -0.4 is 0 Å². The van der Waals surface area contributed by atoms with Crippen LogP contribution in [-0.2, 0) is 0 Å². The van der Waals surface area contributed by atoms with Gasteiger partial charge in [-0.2, -0.15) is 0 Å². The van der Waals surface area contributed by atoms with Gasteiger partial charge in [0.1, 0.15) is 0 Å². The zero-order valence-electron chi connectivity index (χ0n) is 25.4. The first-order valence-electron chi connectivity index (χ1n) is 15.6. The Balaban J connectivity index is 1.25. The highest BCUT2D eigenvalue weighted by Crippen LogP contribution is 2.39. The monoisotopic (exact) mass is 587 g/mol. The minimum atomic E-state index is 0.934. The van der Waals surface area contributed by atoms with Gasteiger partial charge in [-0.15, -0.1) is 0 Å². The van der Waals surface area contributed by atoms with Crippen molar-refractivity contribution in [3.8, 4) is 39.2 Å². The first kappa shape index (κ1) is 26.4. The van der Waals surface area contributed by atoms with E-state index in [1.165, 1.54) is 54.5 Å². The predicted octanol–water partition coefficient (Wildman–Crippen LogP) is 11.2. The molecule has 9 rings (SSSR count). The summed E-state index contributed by atoms with van der Waals surface area (Å²) in [6.07, 6.45) is 3.84. The molecule has 216 valence electrons. The van der Waals surface area contributed by atoms with Crippen LogP contribution in [0.3, 0.4) is 0 Å². The summed E-state index contributed by atoms with van der Waals surface area (Å²) in [5.74, 6) is 0. The molecule has 46 heavy (non-hydrogen) atoms. The van der Waals surface area contributed by atoms with Crippen LogP contribution in [0.15, 0.2) is 158 Å². The summed E-state index contributed by atoms with van der Waals surface area (Å²) in [4.78, 5) is 9.35. The average molecular weight is 588 g/mol. The second-order valence-electron chi connectivity index (χ2n) is 12.0. The smallest absolute Gasteiger partial charge is 0.0720 e. The fourth-order valence-corrected chi connectivity index (χ4v) is 6.85. The van der Waals surface area contributed by atoms with Crippen LogP contribution in [0, 0.1) is 6.92 Å². The van der Waals surface area contributed by atoms with E-state index >= 15 is 0 Å². The normalized spacial score (nSPS) is 11.6. The zero-order valence-corrected chi connectivity index (χ0v) is 25.4. The van der Waals surface area contributed by atoms with E-state index in [-0.39, 0.29) is 0 Å². The lowest BCUT2D eigenvalue weighted by Crippen LogP contribution is -1.94. The zero-order chi connectivity index (χ0) is 30.6. The van der Waals surface area contributed by atoms with Crippen LogP contribution in [0.1, 0.15) is 5.69 Å². The Morgan fingerprint density at radius 1 is 0.457 bits per heavy atom. The third-order valence-corrected chi connectivity index (χ3v) is 9.10. The standard InChI is InChI=1S/C43H29N3/c1-28-8-7-13-41(45-28)36-24-35(26-44-27-36)33-17-20-39-40-21-18-34-23-32(31-15-14-29-9-5-6-10-30(29)22-31)16-19-38(34)43(40)46(42(39)25-33)37-11-3-2-4-12-37/h2-27H,1H3. The molecule has 0 bridgehead atoms. The molecule has 9 aromatic rings. The first-order valence-corrected chi connectivity index (χ1v) is 15.6. The van der Waals surface area contributed by atoms with Crippen molar-refractivity contribution in [1.29, 1.82) is 0 Å². The van der Waals surface area contributed by atoms with Gasteiger partial charge in [0, 0.05) is 51.1 Å². The highest BCUT2D eigenvalue weighted by molar-refractivity contribution is 6.19. The highest BCUT2D eigenvalue weighted by atomic mass is 15.0. The van der Waals surface area contributed by atoms with Gasteiger partial charge in [0.25, 0.3) is 0 Å². The Morgan fingerprint density at radius 2 is 1.13 bits per heavy atom. The summed E-state index contributed by atoms with van der Waals surface area (Å²) in [5.41, 5.74) is 11.1. The minimum Gasteiger partial charge on any atom is -0.309 e. The van der Waals surface area contributed by atoms with Crippen LogP contribution in [0.5, 0.6) is 0 Å². The van der Waals surface area contributed by atoms with Gasteiger partial charge < -0.3 is 4.57 Å². The second kappa shape index (κ2) is 10.5. The number of rotatable bonds is 4. The van der Waals surface area contributed by atoms with Crippen molar-refractivity contribution in [1.82, 2.24) is 14.5 Å². The molecule has 0 radical (unpaired) electrons. The quantitative estimate of drug-likeness (QED) is 0.205. The van der Waals surface area contributed by atoms with Gasteiger partial charge in [-0.05, 0) is 88.3 Å². The molecule has 0 N–H and O–H groups in total. The van der Waals surface area contributed by atoms with Crippen molar-refractivity contribution in [2.45, 2.75) is 6.92 Å². The number of hydrogen-bond acceptors (Lipinski definition) is 2. The fourth-order valence-electron chi connectivity index (χ4n) is 6.85. The van der Waals surface area contributed by atoms with Gasteiger partial charge in [-0.1, -0.05) is 97.1 Å². The maximum absolute atomic E-state index is 4.73. The summed E-state index contributed by atoms with van der Waals surface area (Å²) >= 11 is 0. The molecular weight excluding hydrogens is 558 g/mol. The van der Waals surface area contributed by atoms with Gasteiger partial charge in [0.2, 0.25) is 0 Å². The number of fused-ring (bicyclic) bond motifs is 6. The van der Waals surface area contributed by atoms with Crippen LogP contribution in [0.25, 0.3) is 82.5 Å². The summed E-state index contributed by atoms with van der Waals surface area (Å²) in [5, 5.41) is 7.44. The molecule has 3 aromatic heterocycles. The van der Waals surface area contributed by atoms with Crippen molar-refractivity contribution >= 4 is 43.4 Å². The molecule has 0 aliphatic rings. The van der Waals surface area contributed by atoms with Gasteiger partial charge >= 0.3 is 0 Å². The van der Waals surface area contributed by atoms with E-state index in [4.69, 9.17) is 4.98 Å². The minimum absolute atomic E-state index is 0.934. The molecule has 0 unspecified atom stereocenters. The van der Waals surface area contributed by atoms with Crippen LogP contribution in [0.4, 0.5) is 0 Å². The molecule has 3 nitrogen and oxygen atoms in total. The van der Waals surface area contributed by atoms with E-state index in [1.807, 2.05) is 37.5 Å². The molecule has 3 heterocycles. The lowest BCUT2D eigenvalue weighted by Gasteiger charge is -2.12. The van der Waals surface area contributed by atoms with Crippen molar-refractivity contribution in [3.63, 3.8) is 0 Å². The molecule has 0 aliphatic heterocycles. The van der Waals surface area contributed by atoms with E-state index in [0.717, 1.165) is 33.8 Å². The van der Waals surface area contributed by atoms with E-state index < -0.39 is 0 Å².